The van der Waals surface area contributed by atoms with Gasteiger partial charge in [0.15, 0.2) is 5.11 Å². The zero-order valence-corrected chi connectivity index (χ0v) is 13.9. The largest absolute Gasteiger partial charge is 0.385 e. The fraction of sp³-hybridized carbons (Fsp3) is 0.571. The average Bonchev–Trinajstić information content (AvgIpc) is 2.59. The fourth-order valence-corrected chi connectivity index (χ4v) is 2.62. The van der Waals surface area contributed by atoms with E-state index in [0.717, 1.165) is 56.7 Å². The second-order valence-corrected chi connectivity index (χ2v) is 5.57. The number of nitrogens with zero attached hydrogens (tertiary/aromatic N) is 4. The molecule has 0 saturated carbocycles. The highest BCUT2D eigenvalue weighted by atomic mass is 32.1. The monoisotopic (exact) mass is 339 g/mol. The standard InChI is InChI=1S/C14H21N5O3S/c1-22-10-2-5-15-14(23)18-8-6-17(7-9-18)13-4-3-12(11-16-13)19(20)21/h3-4,11H,2,5-10H2,1H3,(H,15,23). The van der Waals surface area contributed by atoms with Crippen molar-refractivity contribution in [1.29, 1.82) is 0 Å². The van der Waals surface area contributed by atoms with Crippen molar-refractivity contribution < 1.29 is 9.66 Å². The summed E-state index contributed by atoms with van der Waals surface area (Å²) >= 11 is 5.39. The Morgan fingerprint density at radius 1 is 1.43 bits per heavy atom. The highest BCUT2D eigenvalue weighted by Gasteiger charge is 2.20. The van der Waals surface area contributed by atoms with Crippen molar-refractivity contribution in [3.05, 3.63) is 28.4 Å². The van der Waals surface area contributed by atoms with Gasteiger partial charge in [0.05, 0.1) is 4.92 Å². The van der Waals surface area contributed by atoms with Crippen molar-refractivity contribution in [2.24, 2.45) is 0 Å². The van der Waals surface area contributed by atoms with Gasteiger partial charge >= 0.3 is 0 Å². The van der Waals surface area contributed by atoms with Crippen LogP contribution in [0, 0.1) is 10.1 Å². The number of hydrogen-bond donors (Lipinski definition) is 1. The summed E-state index contributed by atoms with van der Waals surface area (Å²) in [7, 11) is 1.68. The summed E-state index contributed by atoms with van der Waals surface area (Å²) in [5.74, 6) is 0.759. The van der Waals surface area contributed by atoms with Gasteiger partial charge in [-0.15, -0.1) is 0 Å². The summed E-state index contributed by atoms with van der Waals surface area (Å²) in [6.07, 6.45) is 2.22. The molecule has 1 saturated heterocycles. The van der Waals surface area contributed by atoms with E-state index in [1.807, 2.05) is 0 Å². The summed E-state index contributed by atoms with van der Waals surface area (Å²) in [6.45, 7) is 4.69. The van der Waals surface area contributed by atoms with Crippen LogP contribution in [0.5, 0.6) is 0 Å². The summed E-state index contributed by atoms with van der Waals surface area (Å²) in [6, 6.07) is 3.17. The van der Waals surface area contributed by atoms with E-state index < -0.39 is 4.92 Å². The average molecular weight is 339 g/mol. The molecule has 0 atom stereocenters. The van der Waals surface area contributed by atoms with Gasteiger partial charge in [-0.1, -0.05) is 0 Å². The number of hydrogen-bond acceptors (Lipinski definition) is 6. The minimum Gasteiger partial charge on any atom is -0.385 e. The molecular formula is C14H21N5O3S. The molecule has 0 radical (unpaired) electrons. The van der Waals surface area contributed by atoms with Crippen LogP contribution < -0.4 is 10.2 Å². The van der Waals surface area contributed by atoms with E-state index in [4.69, 9.17) is 17.0 Å². The number of pyridine rings is 1. The number of ether oxygens (including phenoxy) is 1. The third kappa shape index (κ3) is 5.00. The normalized spacial score (nSPS) is 14.7. The van der Waals surface area contributed by atoms with E-state index >= 15 is 0 Å². The molecule has 8 nitrogen and oxygen atoms in total. The predicted octanol–water partition coefficient (Wildman–Crippen LogP) is 1.02. The second-order valence-electron chi connectivity index (χ2n) is 5.18. The molecule has 126 valence electrons. The molecule has 0 unspecified atom stereocenters. The number of nitrogens with one attached hydrogen (secondary N) is 1. The first-order valence-corrected chi connectivity index (χ1v) is 7.89. The lowest BCUT2D eigenvalue weighted by Crippen LogP contribution is -2.52. The number of methoxy groups -OCH3 is 1. The summed E-state index contributed by atoms with van der Waals surface area (Å²) in [5, 5.41) is 14.6. The molecule has 1 aliphatic rings. The van der Waals surface area contributed by atoms with Crippen molar-refractivity contribution in [1.82, 2.24) is 15.2 Å². The molecule has 1 aromatic rings. The van der Waals surface area contributed by atoms with E-state index in [0.29, 0.717) is 0 Å². The lowest BCUT2D eigenvalue weighted by molar-refractivity contribution is -0.385. The highest BCUT2D eigenvalue weighted by molar-refractivity contribution is 7.80. The van der Waals surface area contributed by atoms with Gasteiger partial charge in [-0.2, -0.15) is 0 Å². The Bertz CT molecular complexity index is 532. The fourth-order valence-electron chi connectivity index (χ4n) is 2.34. The predicted molar refractivity (Wildman–Crippen MR) is 91.8 cm³/mol. The molecule has 2 rings (SSSR count). The molecule has 0 amide bonds. The number of rotatable bonds is 6. The van der Waals surface area contributed by atoms with Gasteiger partial charge in [0, 0.05) is 52.5 Å². The molecule has 0 aromatic carbocycles. The van der Waals surface area contributed by atoms with Gasteiger partial charge < -0.3 is 19.9 Å². The first-order valence-electron chi connectivity index (χ1n) is 7.49. The van der Waals surface area contributed by atoms with Crippen LogP contribution in [-0.4, -0.2) is 66.4 Å². The third-order valence-electron chi connectivity index (χ3n) is 3.64. The number of thiocarbonyl (C=S) groups is 1. The Morgan fingerprint density at radius 3 is 2.74 bits per heavy atom. The number of aromatic nitrogens is 1. The quantitative estimate of drug-likeness (QED) is 0.356. The lowest BCUT2D eigenvalue weighted by Gasteiger charge is -2.36. The van der Waals surface area contributed by atoms with Crippen LogP contribution in [-0.2, 0) is 4.74 Å². The SMILES string of the molecule is COCCCNC(=S)N1CCN(c2ccc([N+](=O)[O-])cn2)CC1. The first kappa shape index (κ1) is 17.4. The van der Waals surface area contributed by atoms with Crippen LogP contribution in [0.4, 0.5) is 11.5 Å². The van der Waals surface area contributed by atoms with Gasteiger partial charge in [-0.25, -0.2) is 4.98 Å². The van der Waals surface area contributed by atoms with E-state index in [1.165, 1.54) is 12.3 Å². The van der Waals surface area contributed by atoms with Gasteiger partial charge in [-0.3, -0.25) is 10.1 Å². The maximum atomic E-state index is 10.6. The van der Waals surface area contributed by atoms with Crippen molar-refractivity contribution in [3.8, 4) is 0 Å². The molecule has 0 spiro atoms. The molecule has 1 aliphatic heterocycles. The molecule has 9 heteroatoms. The summed E-state index contributed by atoms with van der Waals surface area (Å²) in [5.41, 5.74) is 0.00817. The van der Waals surface area contributed by atoms with Gasteiger partial charge in [-0.05, 0) is 24.7 Å². The van der Waals surface area contributed by atoms with E-state index in [2.05, 4.69) is 20.1 Å². The summed E-state index contributed by atoms with van der Waals surface area (Å²) in [4.78, 5) is 18.6. The maximum Gasteiger partial charge on any atom is 0.287 e. The Kier molecular flexibility index (Phi) is 6.48. The van der Waals surface area contributed by atoms with Crippen LogP contribution >= 0.6 is 12.2 Å². The van der Waals surface area contributed by atoms with Crippen molar-refractivity contribution in [2.75, 3.05) is 51.3 Å². The third-order valence-corrected chi connectivity index (χ3v) is 4.04. The number of nitro groups is 1. The van der Waals surface area contributed by atoms with Crippen LogP contribution in [0.25, 0.3) is 0 Å². The van der Waals surface area contributed by atoms with Gasteiger partial charge in [0.1, 0.15) is 12.0 Å². The van der Waals surface area contributed by atoms with Crippen LogP contribution in [0.15, 0.2) is 18.3 Å². The molecule has 0 aliphatic carbocycles. The first-order chi connectivity index (χ1) is 11.1. The Labute approximate surface area is 140 Å². The molecule has 1 fully saturated rings. The molecular weight excluding hydrogens is 318 g/mol. The van der Waals surface area contributed by atoms with Gasteiger partial charge in [0.25, 0.3) is 5.69 Å². The molecule has 1 aromatic heterocycles. The topological polar surface area (TPSA) is 83.8 Å². The van der Waals surface area contributed by atoms with Crippen molar-refractivity contribution >= 4 is 28.8 Å². The van der Waals surface area contributed by atoms with Crippen molar-refractivity contribution in [3.63, 3.8) is 0 Å². The maximum absolute atomic E-state index is 10.6. The van der Waals surface area contributed by atoms with E-state index in [1.54, 1.807) is 13.2 Å². The van der Waals surface area contributed by atoms with Crippen LogP contribution in [0.2, 0.25) is 0 Å². The van der Waals surface area contributed by atoms with Gasteiger partial charge in [0.2, 0.25) is 0 Å². The lowest BCUT2D eigenvalue weighted by atomic mass is 10.3. The number of anilines is 1. The smallest absolute Gasteiger partial charge is 0.287 e. The molecule has 23 heavy (non-hydrogen) atoms. The Balaban J connectivity index is 1.79. The summed E-state index contributed by atoms with van der Waals surface area (Å²) < 4.78 is 5.00. The van der Waals surface area contributed by atoms with E-state index in [9.17, 15) is 10.1 Å². The minimum atomic E-state index is -0.442. The second kappa shape index (κ2) is 8.59. The van der Waals surface area contributed by atoms with E-state index in [-0.39, 0.29) is 5.69 Å². The Hall–Kier alpha value is -2.00. The molecule has 2 heterocycles. The Morgan fingerprint density at radius 2 is 2.17 bits per heavy atom. The number of piperazine rings is 1. The highest BCUT2D eigenvalue weighted by Crippen LogP contribution is 2.17. The van der Waals surface area contributed by atoms with Crippen LogP contribution in [0.3, 0.4) is 0 Å². The zero-order chi connectivity index (χ0) is 16.7. The van der Waals surface area contributed by atoms with Crippen molar-refractivity contribution in [2.45, 2.75) is 6.42 Å². The van der Waals surface area contributed by atoms with Crippen LogP contribution in [0.1, 0.15) is 6.42 Å². The molecule has 1 N–H and O–H groups in total. The molecule has 0 bridgehead atoms. The minimum absolute atomic E-state index is 0.00817. The zero-order valence-electron chi connectivity index (χ0n) is 13.1.